The van der Waals surface area contributed by atoms with Gasteiger partial charge in [0.15, 0.2) is 0 Å². The molecule has 1 saturated heterocycles. The van der Waals surface area contributed by atoms with E-state index in [1.807, 2.05) is 18.5 Å². The van der Waals surface area contributed by atoms with Gasteiger partial charge in [-0.3, -0.25) is 9.88 Å². The summed E-state index contributed by atoms with van der Waals surface area (Å²) in [7, 11) is 0. The Hall–Kier alpha value is -1.40. The minimum absolute atomic E-state index is 0.176. The molecule has 1 unspecified atom stereocenters. The Morgan fingerprint density at radius 1 is 1.56 bits per heavy atom. The SMILES string of the molecule is CC1(C)CC(CC#N)CCN1Cc1cccnc1. The van der Waals surface area contributed by atoms with E-state index >= 15 is 0 Å². The number of nitriles is 1. The Labute approximate surface area is 109 Å². The van der Waals surface area contributed by atoms with Gasteiger partial charge < -0.3 is 0 Å². The second-order valence-electron chi connectivity index (χ2n) is 5.82. The molecular weight excluding hydrogens is 222 g/mol. The molecule has 96 valence electrons. The summed E-state index contributed by atoms with van der Waals surface area (Å²) in [6.45, 7) is 6.61. The lowest BCUT2D eigenvalue weighted by molar-refractivity contribution is 0.0407. The first-order valence-electron chi connectivity index (χ1n) is 6.63. The molecular formula is C15H21N3. The first-order chi connectivity index (χ1) is 8.62. The molecule has 0 bridgehead atoms. The maximum atomic E-state index is 8.82. The number of hydrogen-bond acceptors (Lipinski definition) is 3. The van der Waals surface area contributed by atoms with E-state index in [-0.39, 0.29) is 5.54 Å². The molecule has 1 atom stereocenters. The fourth-order valence-corrected chi connectivity index (χ4v) is 2.89. The fourth-order valence-electron chi connectivity index (χ4n) is 2.89. The van der Waals surface area contributed by atoms with Gasteiger partial charge in [-0.05, 0) is 50.8 Å². The molecule has 1 aromatic heterocycles. The summed E-state index contributed by atoms with van der Waals surface area (Å²) in [5, 5.41) is 8.82. The van der Waals surface area contributed by atoms with Crippen LogP contribution in [-0.2, 0) is 6.54 Å². The monoisotopic (exact) mass is 243 g/mol. The van der Waals surface area contributed by atoms with E-state index in [0.717, 1.165) is 25.9 Å². The lowest BCUT2D eigenvalue weighted by Gasteiger charge is -2.45. The van der Waals surface area contributed by atoms with Crippen molar-refractivity contribution in [2.45, 2.75) is 45.2 Å². The predicted octanol–water partition coefficient (Wildman–Crippen LogP) is 2.99. The Kier molecular flexibility index (Phi) is 3.98. The van der Waals surface area contributed by atoms with E-state index in [2.05, 4.69) is 35.9 Å². The zero-order chi connectivity index (χ0) is 13.0. The predicted molar refractivity (Wildman–Crippen MR) is 71.7 cm³/mol. The third kappa shape index (κ3) is 3.08. The minimum Gasteiger partial charge on any atom is -0.294 e. The first kappa shape index (κ1) is 13.0. The van der Waals surface area contributed by atoms with Crippen molar-refractivity contribution in [2.75, 3.05) is 6.54 Å². The van der Waals surface area contributed by atoms with Crippen molar-refractivity contribution in [3.8, 4) is 6.07 Å². The number of rotatable bonds is 3. The van der Waals surface area contributed by atoms with Crippen LogP contribution >= 0.6 is 0 Å². The van der Waals surface area contributed by atoms with Gasteiger partial charge >= 0.3 is 0 Å². The number of aromatic nitrogens is 1. The van der Waals surface area contributed by atoms with Crippen LogP contribution in [0, 0.1) is 17.2 Å². The van der Waals surface area contributed by atoms with E-state index in [4.69, 9.17) is 5.26 Å². The largest absolute Gasteiger partial charge is 0.294 e. The van der Waals surface area contributed by atoms with E-state index in [1.54, 1.807) is 0 Å². The Morgan fingerprint density at radius 2 is 2.39 bits per heavy atom. The zero-order valence-electron chi connectivity index (χ0n) is 11.3. The molecule has 0 radical (unpaired) electrons. The molecule has 1 aliphatic rings. The molecule has 2 rings (SSSR count). The molecule has 3 nitrogen and oxygen atoms in total. The highest BCUT2D eigenvalue weighted by Gasteiger charge is 2.34. The van der Waals surface area contributed by atoms with Crippen LogP contribution in [0.5, 0.6) is 0 Å². The van der Waals surface area contributed by atoms with Crippen LogP contribution in [0.1, 0.15) is 38.7 Å². The van der Waals surface area contributed by atoms with E-state index in [1.165, 1.54) is 5.56 Å². The van der Waals surface area contributed by atoms with Crippen molar-refractivity contribution in [3.05, 3.63) is 30.1 Å². The van der Waals surface area contributed by atoms with Crippen molar-refractivity contribution >= 4 is 0 Å². The number of hydrogen-bond donors (Lipinski definition) is 0. The molecule has 0 aliphatic carbocycles. The average molecular weight is 243 g/mol. The van der Waals surface area contributed by atoms with Crippen molar-refractivity contribution in [1.82, 2.24) is 9.88 Å². The molecule has 1 fully saturated rings. The van der Waals surface area contributed by atoms with Crippen LogP contribution in [0.4, 0.5) is 0 Å². The molecule has 1 aliphatic heterocycles. The molecule has 0 amide bonds. The summed E-state index contributed by atoms with van der Waals surface area (Å²) >= 11 is 0. The van der Waals surface area contributed by atoms with Gasteiger partial charge in [0.2, 0.25) is 0 Å². The molecule has 3 heteroatoms. The normalized spacial score (nSPS) is 23.5. The van der Waals surface area contributed by atoms with Crippen LogP contribution in [0.25, 0.3) is 0 Å². The van der Waals surface area contributed by atoms with E-state index < -0.39 is 0 Å². The summed E-state index contributed by atoms with van der Waals surface area (Å²) in [5.41, 5.74) is 1.44. The summed E-state index contributed by atoms with van der Waals surface area (Å²) < 4.78 is 0. The topological polar surface area (TPSA) is 39.9 Å². The van der Waals surface area contributed by atoms with Crippen LogP contribution in [0.15, 0.2) is 24.5 Å². The molecule has 0 saturated carbocycles. The van der Waals surface area contributed by atoms with Crippen LogP contribution < -0.4 is 0 Å². The number of pyridine rings is 1. The van der Waals surface area contributed by atoms with Crippen molar-refractivity contribution in [3.63, 3.8) is 0 Å². The standard InChI is InChI=1S/C15H21N3/c1-15(2)10-13(5-7-16)6-9-18(15)12-14-4-3-8-17-11-14/h3-4,8,11,13H,5-6,9-10,12H2,1-2H3. The fraction of sp³-hybridized carbons (Fsp3) is 0.600. The Bertz CT molecular complexity index is 419. The number of nitrogens with zero attached hydrogens (tertiary/aromatic N) is 3. The van der Waals surface area contributed by atoms with Crippen LogP contribution in [0.2, 0.25) is 0 Å². The first-order valence-corrected chi connectivity index (χ1v) is 6.63. The summed E-state index contributed by atoms with van der Waals surface area (Å²) in [4.78, 5) is 6.68. The maximum Gasteiger partial charge on any atom is 0.0624 e. The lowest BCUT2D eigenvalue weighted by Crippen LogP contribution is -2.49. The van der Waals surface area contributed by atoms with Crippen molar-refractivity contribution in [1.29, 1.82) is 5.26 Å². The van der Waals surface area contributed by atoms with Crippen molar-refractivity contribution in [2.24, 2.45) is 5.92 Å². The molecule has 0 aromatic carbocycles. The van der Waals surface area contributed by atoms with Crippen LogP contribution in [0.3, 0.4) is 0 Å². The minimum atomic E-state index is 0.176. The van der Waals surface area contributed by atoms with Gasteiger partial charge in [0.05, 0.1) is 6.07 Å². The zero-order valence-corrected chi connectivity index (χ0v) is 11.3. The Morgan fingerprint density at radius 3 is 3.00 bits per heavy atom. The molecule has 2 heterocycles. The highest BCUT2D eigenvalue weighted by Crippen LogP contribution is 2.33. The van der Waals surface area contributed by atoms with Gasteiger partial charge in [-0.2, -0.15) is 5.26 Å². The molecule has 0 spiro atoms. The lowest BCUT2D eigenvalue weighted by atomic mass is 9.81. The third-order valence-electron chi connectivity index (χ3n) is 3.93. The summed E-state index contributed by atoms with van der Waals surface area (Å²) in [6, 6.07) is 6.43. The van der Waals surface area contributed by atoms with Gasteiger partial charge in [-0.25, -0.2) is 0 Å². The van der Waals surface area contributed by atoms with Crippen LogP contribution in [-0.4, -0.2) is 22.0 Å². The number of piperidine rings is 1. The van der Waals surface area contributed by atoms with Gasteiger partial charge in [-0.1, -0.05) is 6.07 Å². The van der Waals surface area contributed by atoms with Crippen molar-refractivity contribution < 1.29 is 0 Å². The highest BCUT2D eigenvalue weighted by atomic mass is 15.2. The van der Waals surface area contributed by atoms with Gasteiger partial charge in [0.25, 0.3) is 0 Å². The van der Waals surface area contributed by atoms with E-state index in [9.17, 15) is 0 Å². The second kappa shape index (κ2) is 5.49. The maximum absolute atomic E-state index is 8.82. The van der Waals surface area contributed by atoms with Gasteiger partial charge in [0.1, 0.15) is 0 Å². The van der Waals surface area contributed by atoms with E-state index in [0.29, 0.717) is 12.3 Å². The summed E-state index contributed by atoms with van der Waals surface area (Å²) in [5.74, 6) is 0.565. The highest BCUT2D eigenvalue weighted by molar-refractivity contribution is 5.09. The molecule has 1 aromatic rings. The Balaban J connectivity index is 2.00. The molecule has 0 N–H and O–H groups in total. The third-order valence-corrected chi connectivity index (χ3v) is 3.93. The van der Waals surface area contributed by atoms with Gasteiger partial charge in [0, 0.05) is 30.9 Å². The quantitative estimate of drug-likeness (QED) is 0.819. The number of likely N-dealkylation sites (tertiary alicyclic amines) is 1. The second-order valence-corrected chi connectivity index (χ2v) is 5.82. The summed E-state index contributed by atoms with van der Waals surface area (Å²) in [6.07, 6.45) is 6.70. The average Bonchev–Trinajstić information content (AvgIpc) is 2.34. The smallest absolute Gasteiger partial charge is 0.0624 e. The molecule has 18 heavy (non-hydrogen) atoms. The van der Waals surface area contributed by atoms with Gasteiger partial charge in [-0.15, -0.1) is 0 Å².